The van der Waals surface area contributed by atoms with E-state index in [4.69, 9.17) is 4.98 Å². The fourth-order valence-corrected chi connectivity index (χ4v) is 3.16. The third-order valence-electron chi connectivity index (χ3n) is 4.90. The van der Waals surface area contributed by atoms with Crippen LogP contribution in [-0.4, -0.2) is 29.0 Å². The van der Waals surface area contributed by atoms with Crippen LogP contribution in [0.3, 0.4) is 0 Å². The van der Waals surface area contributed by atoms with Crippen molar-refractivity contribution in [2.45, 2.75) is 59.2 Å². The molecule has 3 heteroatoms. The monoisotopic (exact) mass is 287 g/mol. The molecular formula is C18H29N3. The Morgan fingerprint density at radius 3 is 2.62 bits per heavy atom. The summed E-state index contributed by atoms with van der Waals surface area (Å²) in [5.41, 5.74) is 2.84. The van der Waals surface area contributed by atoms with Gasteiger partial charge >= 0.3 is 0 Å². The van der Waals surface area contributed by atoms with Crippen LogP contribution >= 0.6 is 0 Å². The maximum absolute atomic E-state index is 4.82. The van der Waals surface area contributed by atoms with E-state index in [1.54, 1.807) is 0 Å². The average molecular weight is 287 g/mol. The molecule has 0 aromatic carbocycles. The van der Waals surface area contributed by atoms with Gasteiger partial charge in [-0.15, -0.1) is 0 Å². The molecule has 1 saturated heterocycles. The van der Waals surface area contributed by atoms with Gasteiger partial charge in [0.15, 0.2) is 0 Å². The molecule has 116 valence electrons. The minimum atomic E-state index is 0.429. The van der Waals surface area contributed by atoms with Crippen LogP contribution in [0.15, 0.2) is 18.2 Å². The van der Waals surface area contributed by atoms with Crippen LogP contribution < -0.4 is 5.32 Å². The Balaban J connectivity index is 1.54. The lowest BCUT2D eigenvalue weighted by atomic mass is 9.80. The first-order valence-electron chi connectivity index (χ1n) is 8.41. The molecule has 1 aliphatic heterocycles. The van der Waals surface area contributed by atoms with E-state index in [0.29, 0.717) is 5.41 Å². The molecule has 3 rings (SSSR count). The zero-order valence-electron chi connectivity index (χ0n) is 13.7. The molecule has 0 amide bonds. The normalized spacial score (nSPS) is 23.7. The summed E-state index contributed by atoms with van der Waals surface area (Å²) >= 11 is 0. The van der Waals surface area contributed by atoms with E-state index < -0.39 is 0 Å². The second-order valence-electron chi connectivity index (χ2n) is 7.86. The number of pyridine rings is 1. The minimum Gasteiger partial charge on any atom is -0.308 e. The predicted octanol–water partition coefficient (Wildman–Crippen LogP) is 3.20. The van der Waals surface area contributed by atoms with Crippen LogP contribution in [0.4, 0.5) is 0 Å². The number of hydrogen-bond acceptors (Lipinski definition) is 3. The van der Waals surface area contributed by atoms with Gasteiger partial charge in [0.25, 0.3) is 0 Å². The summed E-state index contributed by atoms with van der Waals surface area (Å²) < 4.78 is 0. The zero-order valence-corrected chi connectivity index (χ0v) is 13.7. The van der Waals surface area contributed by atoms with Crippen LogP contribution in [0, 0.1) is 11.3 Å². The Morgan fingerprint density at radius 1 is 1.19 bits per heavy atom. The molecule has 21 heavy (non-hydrogen) atoms. The van der Waals surface area contributed by atoms with Gasteiger partial charge in [-0.25, -0.2) is 0 Å². The average Bonchev–Trinajstić information content (AvgIpc) is 3.14. The first-order valence-corrected chi connectivity index (χ1v) is 8.41. The maximum atomic E-state index is 4.82. The Hall–Kier alpha value is -0.930. The van der Waals surface area contributed by atoms with Crippen LogP contribution in [0.5, 0.6) is 0 Å². The van der Waals surface area contributed by atoms with Gasteiger partial charge in [-0.3, -0.25) is 9.88 Å². The summed E-state index contributed by atoms with van der Waals surface area (Å²) in [6.07, 6.45) is 4.00. The molecule has 1 aromatic heterocycles. The summed E-state index contributed by atoms with van der Waals surface area (Å²) in [7, 11) is 0. The molecule has 0 bridgehead atoms. The Morgan fingerprint density at radius 2 is 1.95 bits per heavy atom. The smallest absolute Gasteiger partial charge is 0.0547 e. The van der Waals surface area contributed by atoms with Crippen molar-refractivity contribution in [1.82, 2.24) is 15.2 Å². The van der Waals surface area contributed by atoms with Gasteiger partial charge in [-0.2, -0.15) is 0 Å². The van der Waals surface area contributed by atoms with E-state index in [-0.39, 0.29) is 0 Å². The lowest BCUT2D eigenvalue weighted by Gasteiger charge is -2.27. The third-order valence-corrected chi connectivity index (χ3v) is 4.90. The van der Waals surface area contributed by atoms with Crippen molar-refractivity contribution in [3.8, 4) is 0 Å². The van der Waals surface area contributed by atoms with E-state index in [9.17, 15) is 0 Å². The molecule has 1 unspecified atom stereocenters. The topological polar surface area (TPSA) is 28.2 Å². The molecule has 2 fully saturated rings. The molecule has 1 saturated carbocycles. The largest absolute Gasteiger partial charge is 0.308 e. The predicted molar refractivity (Wildman–Crippen MR) is 86.9 cm³/mol. The van der Waals surface area contributed by atoms with E-state index in [0.717, 1.165) is 25.0 Å². The summed E-state index contributed by atoms with van der Waals surface area (Å²) in [5.74, 6) is 0.817. The Kier molecular flexibility index (Phi) is 4.32. The number of hydrogen-bond donors (Lipinski definition) is 1. The number of rotatable bonds is 5. The van der Waals surface area contributed by atoms with Gasteiger partial charge in [0.2, 0.25) is 0 Å². The van der Waals surface area contributed by atoms with Gasteiger partial charge in [-0.05, 0) is 49.3 Å². The first kappa shape index (κ1) is 15.0. The van der Waals surface area contributed by atoms with Crippen molar-refractivity contribution in [3.63, 3.8) is 0 Å². The zero-order chi connectivity index (χ0) is 14.9. The molecule has 1 aromatic rings. The highest BCUT2D eigenvalue weighted by molar-refractivity contribution is 5.12. The maximum Gasteiger partial charge on any atom is 0.0547 e. The van der Waals surface area contributed by atoms with Crippen molar-refractivity contribution < 1.29 is 0 Å². The summed E-state index contributed by atoms with van der Waals surface area (Å²) in [6, 6.07) is 7.22. The minimum absolute atomic E-state index is 0.429. The van der Waals surface area contributed by atoms with E-state index in [1.165, 1.54) is 43.7 Å². The van der Waals surface area contributed by atoms with Gasteiger partial charge in [0.05, 0.1) is 11.4 Å². The lowest BCUT2D eigenvalue weighted by Crippen LogP contribution is -2.26. The van der Waals surface area contributed by atoms with E-state index in [1.807, 2.05) is 0 Å². The second-order valence-corrected chi connectivity index (χ2v) is 7.86. The number of likely N-dealkylation sites (tertiary alicyclic amines) is 1. The number of nitrogens with zero attached hydrogens (tertiary/aromatic N) is 2. The van der Waals surface area contributed by atoms with Gasteiger partial charge < -0.3 is 5.32 Å². The molecule has 3 nitrogen and oxygen atoms in total. The highest BCUT2D eigenvalue weighted by atomic mass is 15.2. The third kappa shape index (κ3) is 4.27. The highest BCUT2D eigenvalue weighted by Gasteiger charge is 2.31. The molecule has 1 N–H and O–H groups in total. The first-order chi connectivity index (χ1) is 10.0. The fraction of sp³-hybridized carbons (Fsp3) is 0.722. The molecule has 2 aliphatic rings. The molecular weight excluding hydrogens is 258 g/mol. The molecule has 1 atom stereocenters. The number of nitrogens with one attached hydrogen (secondary N) is 1. The number of aromatic nitrogens is 1. The van der Waals surface area contributed by atoms with Gasteiger partial charge in [-0.1, -0.05) is 26.8 Å². The Labute approximate surface area is 129 Å². The van der Waals surface area contributed by atoms with Crippen LogP contribution in [-0.2, 0) is 13.1 Å². The van der Waals surface area contributed by atoms with Crippen LogP contribution in [0.25, 0.3) is 0 Å². The van der Waals surface area contributed by atoms with E-state index in [2.05, 4.69) is 49.2 Å². The summed E-state index contributed by atoms with van der Waals surface area (Å²) in [4.78, 5) is 7.38. The van der Waals surface area contributed by atoms with E-state index >= 15 is 0 Å². The molecule has 1 aliphatic carbocycles. The van der Waals surface area contributed by atoms with Crippen LogP contribution in [0.1, 0.15) is 51.4 Å². The SMILES string of the molecule is CC(C)(C)C1CCN(Cc2cccc(CNC3CC3)n2)C1. The summed E-state index contributed by atoms with van der Waals surface area (Å²) in [5, 5.41) is 3.54. The van der Waals surface area contributed by atoms with Crippen molar-refractivity contribution in [2.24, 2.45) is 11.3 Å². The standard InChI is InChI=1S/C18H29N3/c1-18(2,3)14-9-10-21(12-14)13-17-6-4-5-16(20-17)11-19-15-7-8-15/h4-6,14-15,19H,7-13H2,1-3H3. The molecule has 0 radical (unpaired) electrons. The van der Waals surface area contributed by atoms with Crippen LogP contribution in [0.2, 0.25) is 0 Å². The van der Waals surface area contributed by atoms with Crippen molar-refractivity contribution in [2.75, 3.05) is 13.1 Å². The van der Waals surface area contributed by atoms with Crippen molar-refractivity contribution >= 4 is 0 Å². The second kappa shape index (κ2) is 6.05. The quantitative estimate of drug-likeness (QED) is 0.901. The fourth-order valence-electron chi connectivity index (χ4n) is 3.16. The van der Waals surface area contributed by atoms with Crippen molar-refractivity contribution in [3.05, 3.63) is 29.6 Å². The van der Waals surface area contributed by atoms with Gasteiger partial charge in [0.1, 0.15) is 0 Å². The molecule has 0 spiro atoms. The Bertz CT molecular complexity index is 474. The molecule has 2 heterocycles. The van der Waals surface area contributed by atoms with Crippen molar-refractivity contribution in [1.29, 1.82) is 0 Å². The lowest BCUT2D eigenvalue weighted by molar-refractivity contribution is 0.225. The summed E-state index contributed by atoms with van der Waals surface area (Å²) in [6.45, 7) is 11.5. The highest BCUT2D eigenvalue weighted by Crippen LogP contribution is 2.33. The van der Waals surface area contributed by atoms with Gasteiger partial charge in [0, 0.05) is 25.7 Å².